The van der Waals surface area contributed by atoms with Gasteiger partial charge in [-0.15, -0.1) is 0 Å². The summed E-state index contributed by atoms with van der Waals surface area (Å²) in [6.07, 6.45) is 4.04. The molecule has 5 rings (SSSR count). The third-order valence-corrected chi connectivity index (χ3v) is 6.83. The van der Waals surface area contributed by atoms with Crippen LogP contribution in [-0.4, -0.2) is 43.2 Å². The predicted molar refractivity (Wildman–Crippen MR) is 87.6 cm³/mol. The molecular weight excluding hydrogens is 304 g/mol. The molecule has 126 valence electrons. The highest BCUT2D eigenvalue weighted by atomic mass is 16.5. The monoisotopic (exact) mass is 327 g/mol. The molecule has 4 atom stereocenters. The molecule has 4 fully saturated rings. The normalized spacial score (nSPS) is 37.1. The van der Waals surface area contributed by atoms with Crippen LogP contribution in [-0.2, 0) is 14.3 Å². The van der Waals surface area contributed by atoms with E-state index in [1.807, 2.05) is 30.3 Å². The maximum atomic E-state index is 13.4. The predicted octanol–water partition coefficient (Wildman–Crippen LogP) is 0.402. The van der Waals surface area contributed by atoms with Crippen molar-refractivity contribution in [2.45, 2.75) is 37.3 Å². The molecule has 1 N–H and O–H groups in total. The van der Waals surface area contributed by atoms with Crippen molar-refractivity contribution in [1.82, 2.24) is 0 Å². The third-order valence-electron chi connectivity index (χ3n) is 6.83. The van der Waals surface area contributed by atoms with Crippen molar-refractivity contribution in [3.63, 3.8) is 0 Å². The van der Waals surface area contributed by atoms with Gasteiger partial charge < -0.3 is 9.64 Å². The van der Waals surface area contributed by atoms with E-state index in [0.717, 1.165) is 31.5 Å². The highest BCUT2D eigenvalue weighted by Gasteiger charge is 2.72. The van der Waals surface area contributed by atoms with Gasteiger partial charge in [0.1, 0.15) is 23.4 Å². The number of rotatable bonds is 1. The molecule has 1 unspecified atom stereocenters. The van der Waals surface area contributed by atoms with Gasteiger partial charge in [0, 0.05) is 25.7 Å². The van der Waals surface area contributed by atoms with E-state index >= 15 is 0 Å². The molecule has 0 radical (unpaired) electrons. The molecule has 0 saturated carbocycles. The van der Waals surface area contributed by atoms with E-state index in [-0.39, 0.29) is 29.2 Å². The Morgan fingerprint density at radius 3 is 2.58 bits per heavy atom. The lowest BCUT2D eigenvalue weighted by atomic mass is 9.74. The number of benzene rings is 1. The first-order valence-corrected chi connectivity index (χ1v) is 9.11. The van der Waals surface area contributed by atoms with Crippen molar-refractivity contribution in [1.29, 1.82) is 0 Å². The molecule has 4 aliphatic heterocycles. The van der Waals surface area contributed by atoms with E-state index in [9.17, 15) is 9.59 Å². The minimum Gasteiger partial charge on any atom is -0.381 e. The van der Waals surface area contributed by atoms with Crippen LogP contribution in [0.15, 0.2) is 30.3 Å². The second-order valence-electron chi connectivity index (χ2n) is 7.64. The van der Waals surface area contributed by atoms with E-state index < -0.39 is 0 Å². The molecule has 5 heteroatoms. The van der Waals surface area contributed by atoms with Crippen molar-refractivity contribution in [3.8, 4) is 0 Å². The molecule has 2 amide bonds. The van der Waals surface area contributed by atoms with E-state index in [0.29, 0.717) is 19.3 Å². The Labute approximate surface area is 141 Å². The largest absolute Gasteiger partial charge is 0.381 e. The van der Waals surface area contributed by atoms with Crippen LogP contribution in [0.3, 0.4) is 0 Å². The number of para-hydroxylation sites is 1. The van der Waals surface area contributed by atoms with Gasteiger partial charge in [0.15, 0.2) is 0 Å². The Morgan fingerprint density at radius 1 is 1.08 bits per heavy atom. The number of anilines is 1. The van der Waals surface area contributed by atoms with Crippen molar-refractivity contribution in [2.24, 2.45) is 11.8 Å². The summed E-state index contributed by atoms with van der Waals surface area (Å²) in [6.45, 7) is 2.53. The molecule has 4 heterocycles. The van der Waals surface area contributed by atoms with Gasteiger partial charge in [0.25, 0.3) is 0 Å². The summed E-state index contributed by atoms with van der Waals surface area (Å²) in [7, 11) is 0. The molecular formula is C19H23N2O3+. The van der Waals surface area contributed by atoms with Gasteiger partial charge in [-0.05, 0) is 12.1 Å². The van der Waals surface area contributed by atoms with Crippen LogP contribution in [0.4, 0.5) is 5.69 Å². The molecule has 4 aliphatic rings. The van der Waals surface area contributed by atoms with Crippen LogP contribution < -0.4 is 9.80 Å². The summed E-state index contributed by atoms with van der Waals surface area (Å²) in [5, 5.41) is 0. The number of hydrogen-bond acceptors (Lipinski definition) is 3. The van der Waals surface area contributed by atoms with Crippen LogP contribution in [0, 0.1) is 11.8 Å². The number of carbonyl (C=O) groups excluding carboxylic acids is 2. The second-order valence-corrected chi connectivity index (χ2v) is 7.64. The van der Waals surface area contributed by atoms with Gasteiger partial charge in [0.2, 0.25) is 11.8 Å². The zero-order chi connectivity index (χ0) is 16.3. The molecule has 1 aromatic rings. The van der Waals surface area contributed by atoms with Gasteiger partial charge in [-0.25, -0.2) is 4.90 Å². The van der Waals surface area contributed by atoms with Crippen LogP contribution in [0.1, 0.15) is 25.7 Å². The van der Waals surface area contributed by atoms with Gasteiger partial charge >= 0.3 is 0 Å². The van der Waals surface area contributed by atoms with Crippen LogP contribution in [0.2, 0.25) is 0 Å². The Bertz CT molecular complexity index is 683. The molecule has 0 bridgehead atoms. The number of amides is 2. The van der Waals surface area contributed by atoms with Crippen molar-refractivity contribution in [3.05, 3.63) is 30.3 Å². The summed E-state index contributed by atoms with van der Waals surface area (Å²) in [6, 6.07) is 9.75. The SMILES string of the molecule is O=C1[C@H]2[C@@H](C(=O)N1c1ccccc1)C1(CCOCC1)[NH+]1CCC[C@@H]21. The van der Waals surface area contributed by atoms with Crippen LogP contribution >= 0.6 is 0 Å². The fraction of sp³-hybridized carbons (Fsp3) is 0.579. The molecule has 0 aromatic heterocycles. The number of hydrogen-bond donors (Lipinski definition) is 1. The fourth-order valence-electron chi connectivity index (χ4n) is 5.96. The van der Waals surface area contributed by atoms with E-state index in [1.165, 1.54) is 16.2 Å². The maximum Gasteiger partial charge on any atom is 0.244 e. The standard InChI is InChI=1S/C19H22N2O3/c22-17-15-14-7-4-10-20(14)19(8-11-24-12-9-19)16(15)18(23)21(17)13-5-2-1-3-6-13/h1-3,5-6,14-16H,4,7-12H2/p+1/t14-,15+,16-/m0/s1. The van der Waals surface area contributed by atoms with Crippen LogP contribution in [0.25, 0.3) is 0 Å². The Balaban J connectivity index is 1.60. The number of ether oxygens (including phenoxy) is 1. The lowest BCUT2D eigenvalue weighted by molar-refractivity contribution is -0.954. The van der Waals surface area contributed by atoms with Gasteiger partial charge in [-0.1, -0.05) is 18.2 Å². The Morgan fingerprint density at radius 2 is 1.83 bits per heavy atom. The molecule has 1 spiro atoms. The summed E-state index contributed by atoms with van der Waals surface area (Å²) < 4.78 is 5.60. The molecule has 4 saturated heterocycles. The minimum atomic E-state index is -0.158. The lowest BCUT2D eigenvalue weighted by Crippen LogP contribution is -3.20. The van der Waals surface area contributed by atoms with E-state index in [2.05, 4.69) is 0 Å². The number of imide groups is 1. The average Bonchev–Trinajstić information content (AvgIpc) is 3.25. The van der Waals surface area contributed by atoms with Crippen LogP contribution in [0.5, 0.6) is 0 Å². The first kappa shape index (κ1) is 14.6. The highest BCUT2D eigenvalue weighted by molar-refractivity contribution is 6.22. The van der Waals surface area contributed by atoms with Crippen molar-refractivity contribution < 1.29 is 19.2 Å². The average molecular weight is 327 g/mol. The van der Waals surface area contributed by atoms with E-state index in [1.54, 1.807) is 0 Å². The summed E-state index contributed by atoms with van der Waals surface area (Å²) >= 11 is 0. The smallest absolute Gasteiger partial charge is 0.244 e. The topological polar surface area (TPSA) is 51.0 Å². The first-order valence-electron chi connectivity index (χ1n) is 9.11. The third kappa shape index (κ3) is 1.72. The molecule has 24 heavy (non-hydrogen) atoms. The lowest BCUT2D eigenvalue weighted by Gasteiger charge is -2.41. The Kier molecular flexibility index (Phi) is 3.13. The van der Waals surface area contributed by atoms with Gasteiger partial charge in [-0.3, -0.25) is 9.59 Å². The summed E-state index contributed by atoms with van der Waals surface area (Å²) in [5.74, 6) is -0.230. The number of fused-ring (bicyclic) bond motifs is 5. The second kappa shape index (κ2) is 5.14. The maximum absolute atomic E-state index is 13.4. The molecule has 0 aliphatic carbocycles. The molecule has 5 nitrogen and oxygen atoms in total. The number of carbonyl (C=O) groups is 2. The summed E-state index contributed by atoms with van der Waals surface area (Å²) in [4.78, 5) is 29.6. The fourth-order valence-corrected chi connectivity index (χ4v) is 5.96. The number of nitrogens with zero attached hydrogens (tertiary/aromatic N) is 1. The quantitative estimate of drug-likeness (QED) is 0.760. The zero-order valence-corrected chi connectivity index (χ0v) is 13.7. The van der Waals surface area contributed by atoms with Gasteiger partial charge in [0.05, 0.1) is 25.4 Å². The molecule has 1 aromatic carbocycles. The minimum absolute atomic E-state index is 0.0278. The zero-order valence-electron chi connectivity index (χ0n) is 13.7. The van der Waals surface area contributed by atoms with E-state index in [4.69, 9.17) is 4.74 Å². The number of nitrogens with one attached hydrogen (secondary N) is 1. The first-order chi connectivity index (χ1) is 11.7. The highest BCUT2D eigenvalue weighted by Crippen LogP contribution is 2.47. The Hall–Kier alpha value is -1.72. The number of quaternary nitrogens is 1. The van der Waals surface area contributed by atoms with Crippen molar-refractivity contribution >= 4 is 17.5 Å². The summed E-state index contributed by atoms with van der Waals surface area (Å²) in [5.41, 5.74) is 0.643. The van der Waals surface area contributed by atoms with Gasteiger partial charge in [-0.2, -0.15) is 0 Å². The van der Waals surface area contributed by atoms with Crippen molar-refractivity contribution in [2.75, 3.05) is 24.7 Å².